The highest BCUT2D eigenvalue weighted by atomic mass is 16.4. The lowest BCUT2D eigenvalue weighted by Gasteiger charge is -2.21. The molecule has 1 unspecified atom stereocenters. The van der Waals surface area contributed by atoms with E-state index >= 15 is 0 Å². The van der Waals surface area contributed by atoms with Gasteiger partial charge in [0.1, 0.15) is 0 Å². The molecule has 0 aromatic carbocycles. The van der Waals surface area contributed by atoms with Gasteiger partial charge in [-0.2, -0.15) is 0 Å². The van der Waals surface area contributed by atoms with Crippen LogP contribution in [0.3, 0.4) is 0 Å². The van der Waals surface area contributed by atoms with E-state index in [4.69, 9.17) is 5.11 Å². The number of aryl methyl sites for hydroxylation is 1. The zero-order valence-corrected chi connectivity index (χ0v) is 9.27. The van der Waals surface area contributed by atoms with Crippen LogP contribution in [0.25, 0.3) is 0 Å². The highest BCUT2D eigenvalue weighted by molar-refractivity contribution is 5.68. The van der Waals surface area contributed by atoms with Crippen molar-refractivity contribution in [3.63, 3.8) is 0 Å². The van der Waals surface area contributed by atoms with Gasteiger partial charge in [0.15, 0.2) is 0 Å². The Morgan fingerprint density at radius 2 is 2.33 bits per heavy atom. The molecule has 0 radical (unpaired) electrons. The van der Waals surface area contributed by atoms with Gasteiger partial charge in [0.25, 0.3) is 0 Å². The first-order valence-corrected chi connectivity index (χ1v) is 4.96. The molecule has 0 amide bonds. The molecule has 15 heavy (non-hydrogen) atoms. The maximum absolute atomic E-state index is 10.7. The van der Waals surface area contributed by atoms with E-state index in [1.807, 2.05) is 31.7 Å². The number of nitrogens with zero attached hydrogens (tertiary/aromatic N) is 2. The van der Waals surface area contributed by atoms with Crippen molar-refractivity contribution in [3.8, 4) is 0 Å². The maximum atomic E-state index is 10.7. The van der Waals surface area contributed by atoms with Gasteiger partial charge in [-0.05, 0) is 5.92 Å². The third-order valence-corrected chi connectivity index (χ3v) is 2.33. The van der Waals surface area contributed by atoms with Crippen LogP contribution in [0.4, 0.5) is 5.95 Å². The third kappa shape index (κ3) is 3.27. The largest absolute Gasteiger partial charge is 0.481 e. The molecule has 0 spiro atoms. The van der Waals surface area contributed by atoms with Crippen LogP contribution in [-0.2, 0) is 11.8 Å². The Morgan fingerprint density at radius 3 is 2.73 bits per heavy atom. The Kier molecular flexibility index (Phi) is 3.71. The monoisotopic (exact) mass is 211 g/mol. The van der Waals surface area contributed by atoms with Crippen molar-refractivity contribution in [3.05, 3.63) is 12.4 Å². The number of carboxylic acids is 1. The summed E-state index contributed by atoms with van der Waals surface area (Å²) in [6.45, 7) is 3.98. The minimum Gasteiger partial charge on any atom is -0.481 e. The molecule has 0 bridgehead atoms. The predicted molar refractivity (Wildman–Crippen MR) is 57.7 cm³/mol. The zero-order valence-electron chi connectivity index (χ0n) is 9.27. The molecular weight excluding hydrogens is 194 g/mol. The Bertz CT molecular complexity index is 333. The van der Waals surface area contributed by atoms with Crippen LogP contribution in [0.15, 0.2) is 12.4 Å². The molecule has 0 fully saturated rings. The highest BCUT2D eigenvalue weighted by Gasteiger charge is 2.18. The van der Waals surface area contributed by atoms with Gasteiger partial charge in [-0.1, -0.05) is 13.8 Å². The molecule has 0 aliphatic rings. The summed E-state index contributed by atoms with van der Waals surface area (Å²) < 4.78 is 1.83. The number of aliphatic carboxylic acids is 1. The first kappa shape index (κ1) is 11.6. The van der Waals surface area contributed by atoms with E-state index < -0.39 is 5.97 Å². The minimum absolute atomic E-state index is 0.0939. The second-order valence-corrected chi connectivity index (χ2v) is 3.95. The summed E-state index contributed by atoms with van der Waals surface area (Å²) in [5.41, 5.74) is 0. The summed E-state index contributed by atoms with van der Waals surface area (Å²) in [7, 11) is 1.87. The lowest BCUT2D eigenvalue weighted by atomic mass is 10.0. The van der Waals surface area contributed by atoms with Crippen LogP contribution in [0, 0.1) is 5.92 Å². The smallest absolute Gasteiger partial charge is 0.305 e. The van der Waals surface area contributed by atoms with E-state index in [1.54, 1.807) is 6.20 Å². The molecule has 2 N–H and O–H groups in total. The standard InChI is InChI=1S/C10H17N3O2/c1-7(2)8(6-9(14)15)12-10-11-4-5-13(10)3/h4-5,7-8H,6H2,1-3H3,(H,11,12)(H,14,15). The fraction of sp³-hybridized carbons (Fsp3) is 0.600. The van der Waals surface area contributed by atoms with Crippen LogP contribution < -0.4 is 5.32 Å². The summed E-state index contributed by atoms with van der Waals surface area (Å²) in [6, 6.07) is -0.0939. The van der Waals surface area contributed by atoms with Crippen LogP contribution in [0.5, 0.6) is 0 Å². The Balaban J connectivity index is 2.67. The van der Waals surface area contributed by atoms with Crippen LogP contribution in [0.1, 0.15) is 20.3 Å². The number of imidazole rings is 1. The second-order valence-electron chi connectivity index (χ2n) is 3.95. The summed E-state index contributed by atoms with van der Waals surface area (Å²) in [6.07, 6.45) is 3.60. The Labute approximate surface area is 89.1 Å². The van der Waals surface area contributed by atoms with E-state index in [2.05, 4.69) is 10.3 Å². The molecule has 0 aliphatic heterocycles. The number of nitrogens with one attached hydrogen (secondary N) is 1. The van der Waals surface area contributed by atoms with Gasteiger partial charge in [0.05, 0.1) is 6.42 Å². The van der Waals surface area contributed by atoms with E-state index in [9.17, 15) is 4.79 Å². The molecule has 1 aromatic heterocycles. The molecule has 1 aromatic rings. The van der Waals surface area contributed by atoms with Crippen LogP contribution in [-0.4, -0.2) is 26.7 Å². The van der Waals surface area contributed by atoms with Gasteiger partial charge in [-0.15, -0.1) is 0 Å². The molecule has 0 saturated carbocycles. The van der Waals surface area contributed by atoms with Crippen molar-refractivity contribution < 1.29 is 9.90 Å². The van der Waals surface area contributed by atoms with Gasteiger partial charge >= 0.3 is 5.97 Å². The van der Waals surface area contributed by atoms with Gasteiger partial charge in [-0.3, -0.25) is 4.79 Å². The number of rotatable bonds is 5. The van der Waals surface area contributed by atoms with E-state index in [0.717, 1.165) is 0 Å². The molecular formula is C10H17N3O2. The van der Waals surface area contributed by atoms with Crippen molar-refractivity contribution >= 4 is 11.9 Å². The summed E-state index contributed by atoms with van der Waals surface area (Å²) >= 11 is 0. The van der Waals surface area contributed by atoms with Crippen molar-refractivity contribution in [1.82, 2.24) is 9.55 Å². The lowest BCUT2D eigenvalue weighted by molar-refractivity contribution is -0.137. The Hall–Kier alpha value is -1.52. The molecule has 1 heterocycles. The average molecular weight is 211 g/mol. The Morgan fingerprint density at radius 1 is 1.67 bits per heavy atom. The van der Waals surface area contributed by atoms with Gasteiger partial charge < -0.3 is 15.0 Å². The third-order valence-electron chi connectivity index (χ3n) is 2.33. The summed E-state index contributed by atoms with van der Waals surface area (Å²) in [5.74, 6) is 0.156. The van der Waals surface area contributed by atoms with Gasteiger partial charge in [-0.25, -0.2) is 4.98 Å². The van der Waals surface area contributed by atoms with Crippen molar-refractivity contribution in [2.45, 2.75) is 26.3 Å². The minimum atomic E-state index is -0.796. The normalized spacial score (nSPS) is 12.8. The molecule has 5 heteroatoms. The number of anilines is 1. The molecule has 0 aliphatic carbocycles. The van der Waals surface area contributed by atoms with Crippen molar-refractivity contribution in [2.24, 2.45) is 13.0 Å². The molecule has 1 atom stereocenters. The topological polar surface area (TPSA) is 67.2 Å². The zero-order chi connectivity index (χ0) is 11.4. The number of carbonyl (C=O) groups is 1. The SMILES string of the molecule is CC(C)C(CC(=O)O)Nc1nccn1C. The lowest BCUT2D eigenvalue weighted by Crippen LogP contribution is -2.29. The van der Waals surface area contributed by atoms with Gasteiger partial charge in [0.2, 0.25) is 5.95 Å². The number of carboxylic acid groups (broad SMARTS) is 1. The van der Waals surface area contributed by atoms with Crippen LogP contribution >= 0.6 is 0 Å². The number of hydrogen-bond donors (Lipinski definition) is 2. The molecule has 1 rings (SSSR count). The highest BCUT2D eigenvalue weighted by Crippen LogP contribution is 2.12. The summed E-state index contributed by atoms with van der Waals surface area (Å²) in [4.78, 5) is 14.8. The van der Waals surface area contributed by atoms with E-state index in [0.29, 0.717) is 5.95 Å². The van der Waals surface area contributed by atoms with Crippen molar-refractivity contribution in [2.75, 3.05) is 5.32 Å². The van der Waals surface area contributed by atoms with Crippen LogP contribution in [0.2, 0.25) is 0 Å². The fourth-order valence-corrected chi connectivity index (χ4v) is 1.31. The molecule has 5 nitrogen and oxygen atoms in total. The van der Waals surface area contributed by atoms with E-state index in [-0.39, 0.29) is 18.4 Å². The summed E-state index contributed by atoms with van der Waals surface area (Å²) in [5, 5.41) is 11.9. The number of aromatic nitrogens is 2. The fourth-order valence-electron chi connectivity index (χ4n) is 1.31. The quantitative estimate of drug-likeness (QED) is 0.771. The van der Waals surface area contributed by atoms with E-state index in [1.165, 1.54) is 0 Å². The van der Waals surface area contributed by atoms with Gasteiger partial charge in [0, 0.05) is 25.5 Å². The van der Waals surface area contributed by atoms with Crippen molar-refractivity contribution in [1.29, 1.82) is 0 Å². The maximum Gasteiger partial charge on any atom is 0.305 e. The first-order chi connectivity index (χ1) is 7.00. The molecule has 84 valence electrons. The number of hydrogen-bond acceptors (Lipinski definition) is 3. The second kappa shape index (κ2) is 4.82. The predicted octanol–water partition coefficient (Wildman–Crippen LogP) is 1.33. The average Bonchev–Trinajstić information content (AvgIpc) is 2.50. The molecule has 0 saturated heterocycles. The first-order valence-electron chi connectivity index (χ1n) is 4.96.